The van der Waals surface area contributed by atoms with Gasteiger partial charge in [0.15, 0.2) is 0 Å². The van der Waals surface area contributed by atoms with Crippen molar-refractivity contribution in [3.05, 3.63) is 89.5 Å². The van der Waals surface area contributed by atoms with Gasteiger partial charge in [0.25, 0.3) is 0 Å². The van der Waals surface area contributed by atoms with Gasteiger partial charge in [0, 0.05) is 23.7 Å². The minimum absolute atomic E-state index is 0.00153. The van der Waals surface area contributed by atoms with Crippen molar-refractivity contribution in [2.75, 3.05) is 0 Å². The van der Waals surface area contributed by atoms with E-state index in [0.717, 1.165) is 23.2 Å². The highest BCUT2D eigenvalue weighted by Crippen LogP contribution is 2.39. The van der Waals surface area contributed by atoms with Crippen LogP contribution in [0.4, 0.5) is 8.78 Å². The molecule has 2 nitrogen and oxygen atoms in total. The molecule has 0 saturated carbocycles. The lowest BCUT2D eigenvalue weighted by atomic mass is 9.78. The van der Waals surface area contributed by atoms with Crippen LogP contribution in [0.1, 0.15) is 42.0 Å². The second-order valence-electron chi connectivity index (χ2n) is 5.60. The summed E-state index contributed by atoms with van der Waals surface area (Å²) in [5.41, 5.74) is 3.02. The summed E-state index contributed by atoms with van der Waals surface area (Å²) in [5.74, 6) is -0.377. The number of imidazole rings is 1. The van der Waals surface area contributed by atoms with Crippen molar-refractivity contribution < 1.29 is 8.78 Å². The Morgan fingerprint density at radius 1 is 0.913 bits per heavy atom. The first-order valence-electron chi connectivity index (χ1n) is 7.68. The van der Waals surface area contributed by atoms with Gasteiger partial charge in [0.05, 0.1) is 6.33 Å². The molecule has 0 bridgehead atoms. The largest absolute Gasteiger partial charge is 0.348 e. The maximum Gasteiger partial charge on any atom is 0.123 e. The Kier molecular flexibility index (Phi) is 4.51. The van der Waals surface area contributed by atoms with E-state index in [1.165, 1.54) is 24.3 Å². The standard InChI is InChI=1S/C19H18F2N2/c1-2-17(18-11-22-12-23-18)19(13-3-7-15(20)8-4-13)14-5-9-16(21)10-6-14/h3-12,17,19H,2H2,1H3,(H,22,23). The van der Waals surface area contributed by atoms with Crippen LogP contribution in [0.15, 0.2) is 61.1 Å². The second-order valence-corrected chi connectivity index (χ2v) is 5.60. The zero-order valence-electron chi connectivity index (χ0n) is 12.8. The Hall–Kier alpha value is -2.49. The van der Waals surface area contributed by atoms with E-state index in [9.17, 15) is 8.78 Å². The number of rotatable bonds is 5. The van der Waals surface area contributed by atoms with Crippen molar-refractivity contribution in [2.24, 2.45) is 0 Å². The highest BCUT2D eigenvalue weighted by Gasteiger charge is 2.26. The molecule has 0 fully saturated rings. The molecule has 118 valence electrons. The highest BCUT2D eigenvalue weighted by molar-refractivity contribution is 5.36. The Morgan fingerprint density at radius 2 is 1.43 bits per heavy atom. The lowest BCUT2D eigenvalue weighted by molar-refractivity contribution is 0.568. The molecule has 0 aliphatic carbocycles. The maximum atomic E-state index is 13.3. The molecule has 23 heavy (non-hydrogen) atoms. The smallest absolute Gasteiger partial charge is 0.123 e. The summed E-state index contributed by atoms with van der Waals surface area (Å²) in [7, 11) is 0. The lowest BCUT2D eigenvalue weighted by Gasteiger charge is -2.26. The maximum absolute atomic E-state index is 13.3. The number of hydrogen-bond acceptors (Lipinski definition) is 1. The molecular formula is C19H18F2N2. The van der Waals surface area contributed by atoms with Crippen LogP contribution in [0.2, 0.25) is 0 Å². The van der Waals surface area contributed by atoms with E-state index in [-0.39, 0.29) is 23.5 Å². The zero-order chi connectivity index (χ0) is 16.2. The van der Waals surface area contributed by atoms with E-state index >= 15 is 0 Å². The van der Waals surface area contributed by atoms with Gasteiger partial charge in [-0.2, -0.15) is 0 Å². The molecule has 0 aliphatic rings. The SMILES string of the molecule is CCC(c1cnc[nH]1)C(c1ccc(F)cc1)c1ccc(F)cc1. The van der Waals surface area contributed by atoms with Gasteiger partial charge in [-0.1, -0.05) is 31.2 Å². The minimum Gasteiger partial charge on any atom is -0.348 e. The summed E-state index contributed by atoms with van der Waals surface area (Å²) in [6.07, 6.45) is 4.35. The molecular weight excluding hydrogens is 294 g/mol. The van der Waals surface area contributed by atoms with Gasteiger partial charge < -0.3 is 4.98 Å². The van der Waals surface area contributed by atoms with E-state index in [2.05, 4.69) is 16.9 Å². The first-order valence-corrected chi connectivity index (χ1v) is 7.68. The summed E-state index contributed by atoms with van der Waals surface area (Å²) < 4.78 is 26.6. The fourth-order valence-electron chi connectivity index (χ4n) is 3.10. The number of nitrogens with one attached hydrogen (secondary N) is 1. The summed E-state index contributed by atoms with van der Waals surface area (Å²) in [6, 6.07) is 13.0. The predicted octanol–water partition coefficient (Wildman–Crippen LogP) is 5.01. The average molecular weight is 312 g/mol. The molecule has 3 aromatic rings. The molecule has 1 aromatic heterocycles. The first-order chi connectivity index (χ1) is 11.2. The molecule has 3 rings (SSSR count). The third kappa shape index (κ3) is 3.31. The number of halogens is 2. The predicted molar refractivity (Wildman–Crippen MR) is 86.3 cm³/mol. The number of nitrogens with zero attached hydrogens (tertiary/aromatic N) is 1. The molecule has 1 unspecified atom stereocenters. The molecule has 0 amide bonds. The van der Waals surface area contributed by atoms with Gasteiger partial charge in [-0.15, -0.1) is 0 Å². The molecule has 4 heteroatoms. The quantitative estimate of drug-likeness (QED) is 0.704. The fourth-order valence-corrected chi connectivity index (χ4v) is 3.10. The van der Waals surface area contributed by atoms with Crippen LogP contribution >= 0.6 is 0 Å². The lowest BCUT2D eigenvalue weighted by Crippen LogP contribution is -2.13. The summed E-state index contributed by atoms with van der Waals surface area (Å²) in [5, 5.41) is 0. The third-order valence-corrected chi connectivity index (χ3v) is 4.22. The average Bonchev–Trinajstić information content (AvgIpc) is 3.09. The Balaban J connectivity index is 2.08. The van der Waals surface area contributed by atoms with Gasteiger partial charge >= 0.3 is 0 Å². The van der Waals surface area contributed by atoms with Gasteiger partial charge in [0.1, 0.15) is 11.6 Å². The van der Waals surface area contributed by atoms with Crippen molar-refractivity contribution in [1.82, 2.24) is 9.97 Å². The van der Waals surface area contributed by atoms with Crippen molar-refractivity contribution >= 4 is 0 Å². The monoisotopic (exact) mass is 312 g/mol. The Bertz CT molecular complexity index is 689. The molecule has 0 saturated heterocycles. The molecule has 1 heterocycles. The number of benzene rings is 2. The number of aromatic amines is 1. The van der Waals surface area contributed by atoms with Gasteiger partial charge in [-0.25, -0.2) is 13.8 Å². The first kappa shape index (κ1) is 15.4. The number of H-pyrrole nitrogens is 1. The fraction of sp³-hybridized carbons (Fsp3) is 0.211. The summed E-state index contributed by atoms with van der Waals surface area (Å²) >= 11 is 0. The van der Waals surface area contributed by atoms with Crippen LogP contribution < -0.4 is 0 Å². The van der Waals surface area contributed by atoms with E-state index in [4.69, 9.17) is 0 Å². The topological polar surface area (TPSA) is 28.7 Å². The van der Waals surface area contributed by atoms with E-state index < -0.39 is 0 Å². The molecule has 1 N–H and O–H groups in total. The molecule has 1 atom stereocenters. The Labute approximate surface area is 134 Å². The number of hydrogen-bond donors (Lipinski definition) is 1. The van der Waals surface area contributed by atoms with E-state index in [1.807, 2.05) is 6.20 Å². The summed E-state index contributed by atoms with van der Waals surface area (Å²) in [6.45, 7) is 2.10. The van der Waals surface area contributed by atoms with Gasteiger partial charge in [-0.3, -0.25) is 0 Å². The van der Waals surface area contributed by atoms with Crippen molar-refractivity contribution in [1.29, 1.82) is 0 Å². The van der Waals surface area contributed by atoms with Crippen LogP contribution in [0, 0.1) is 11.6 Å². The van der Waals surface area contributed by atoms with Crippen molar-refractivity contribution in [3.63, 3.8) is 0 Å². The Morgan fingerprint density at radius 3 is 1.83 bits per heavy atom. The second kappa shape index (κ2) is 6.73. The third-order valence-electron chi connectivity index (χ3n) is 4.22. The van der Waals surface area contributed by atoms with E-state index in [0.29, 0.717) is 0 Å². The molecule has 0 spiro atoms. The number of aromatic nitrogens is 2. The van der Waals surface area contributed by atoms with Crippen molar-refractivity contribution in [3.8, 4) is 0 Å². The van der Waals surface area contributed by atoms with Gasteiger partial charge in [0.2, 0.25) is 0 Å². The zero-order valence-corrected chi connectivity index (χ0v) is 12.8. The molecule has 0 radical (unpaired) electrons. The van der Waals surface area contributed by atoms with Crippen molar-refractivity contribution in [2.45, 2.75) is 25.2 Å². The minimum atomic E-state index is -0.263. The molecule has 2 aromatic carbocycles. The van der Waals surface area contributed by atoms with Crippen LogP contribution in [0.5, 0.6) is 0 Å². The van der Waals surface area contributed by atoms with Crippen LogP contribution in [0.3, 0.4) is 0 Å². The normalized spacial score (nSPS) is 12.5. The highest BCUT2D eigenvalue weighted by atomic mass is 19.1. The molecule has 0 aliphatic heterocycles. The summed E-state index contributed by atoms with van der Waals surface area (Å²) in [4.78, 5) is 7.29. The van der Waals surface area contributed by atoms with Crippen LogP contribution in [-0.2, 0) is 0 Å². The van der Waals surface area contributed by atoms with Crippen LogP contribution in [0.25, 0.3) is 0 Å². The van der Waals surface area contributed by atoms with E-state index in [1.54, 1.807) is 30.6 Å². The van der Waals surface area contributed by atoms with Crippen LogP contribution in [-0.4, -0.2) is 9.97 Å². The van der Waals surface area contributed by atoms with Gasteiger partial charge in [-0.05, 0) is 41.8 Å².